The van der Waals surface area contributed by atoms with Crippen LogP contribution in [0.25, 0.3) is 0 Å². The predicted octanol–water partition coefficient (Wildman–Crippen LogP) is 3.56. The number of carbonyl (C=O) groups is 1. The minimum Gasteiger partial charge on any atom is -0.362 e. The highest BCUT2D eigenvalue weighted by Gasteiger charge is 2.17. The van der Waals surface area contributed by atoms with E-state index in [1.54, 1.807) is 0 Å². The number of H-pyrrole nitrogens is 2. The Balaban J connectivity index is 2.28. The van der Waals surface area contributed by atoms with Gasteiger partial charge in [-0.2, -0.15) is 0 Å². The average molecular weight is 258 g/mol. The van der Waals surface area contributed by atoms with Gasteiger partial charge >= 0.3 is 0 Å². The van der Waals surface area contributed by atoms with E-state index in [-0.39, 0.29) is 5.78 Å². The summed E-state index contributed by atoms with van der Waals surface area (Å²) in [5, 5.41) is 0. The molecule has 0 bridgehead atoms. The van der Waals surface area contributed by atoms with E-state index in [1.807, 2.05) is 27.7 Å². The lowest BCUT2D eigenvalue weighted by atomic mass is 10.0. The van der Waals surface area contributed by atoms with E-state index in [1.165, 1.54) is 5.56 Å². The Labute approximate surface area is 114 Å². The van der Waals surface area contributed by atoms with Crippen LogP contribution in [0.2, 0.25) is 0 Å². The highest BCUT2D eigenvalue weighted by molar-refractivity contribution is 5.97. The van der Waals surface area contributed by atoms with Gasteiger partial charge in [-0.3, -0.25) is 4.79 Å². The second-order valence-electron chi connectivity index (χ2n) is 5.30. The first kappa shape index (κ1) is 13.7. The molecular formula is C16H22N2O. The standard InChI is InChI=1S/C16H22N2O/c1-6-13-11(4)16(18-12(13)5)15(19)8-14-9(2)7-10(3)17-14/h7,17-18H,6,8H2,1-5H3. The third-order valence-corrected chi connectivity index (χ3v) is 3.82. The molecule has 0 saturated carbocycles. The maximum Gasteiger partial charge on any atom is 0.185 e. The summed E-state index contributed by atoms with van der Waals surface area (Å²) in [6, 6.07) is 2.08. The largest absolute Gasteiger partial charge is 0.362 e. The van der Waals surface area contributed by atoms with Gasteiger partial charge in [0.15, 0.2) is 5.78 Å². The molecule has 2 aromatic heterocycles. The lowest BCUT2D eigenvalue weighted by Crippen LogP contribution is -2.07. The van der Waals surface area contributed by atoms with Gasteiger partial charge < -0.3 is 9.97 Å². The molecule has 0 aliphatic heterocycles. The number of ketones is 1. The highest BCUT2D eigenvalue weighted by atomic mass is 16.1. The van der Waals surface area contributed by atoms with Crippen LogP contribution in [0.4, 0.5) is 0 Å². The predicted molar refractivity (Wildman–Crippen MR) is 77.9 cm³/mol. The van der Waals surface area contributed by atoms with Crippen molar-refractivity contribution in [3.8, 4) is 0 Å². The number of Topliss-reactive ketones (excluding diaryl/α,β-unsaturated/α-hetero) is 1. The molecule has 2 rings (SSSR count). The van der Waals surface area contributed by atoms with Crippen LogP contribution in [0.5, 0.6) is 0 Å². The number of hydrogen-bond donors (Lipinski definition) is 2. The summed E-state index contributed by atoms with van der Waals surface area (Å²) in [6.45, 7) is 10.2. The van der Waals surface area contributed by atoms with Crippen LogP contribution in [0.15, 0.2) is 6.07 Å². The molecule has 0 amide bonds. The normalized spacial score (nSPS) is 11.0. The maximum absolute atomic E-state index is 12.4. The van der Waals surface area contributed by atoms with Gasteiger partial charge in [-0.1, -0.05) is 6.92 Å². The fraction of sp³-hybridized carbons (Fsp3) is 0.438. The van der Waals surface area contributed by atoms with E-state index in [9.17, 15) is 4.79 Å². The molecule has 0 radical (unpaired) electrons. The Morgan fingerprint density at radius 2 is 1.84 bits per heavy atom. The molecular weight excluding hydrogens is 236 g/mol. The van der Waals surface area contributed by atoms with Crippen LogP contribution in [0.1, 0.15) is 51.2 Å². The number of carbonyl (C=O) groups excluding carboxylic acids is 1. The molecule has 0 unspecified atom stereocenters. The van der Waals surface area contributed by atoms with Gasteiger partial charge in [0.25, 0.3) is 0 Å². The highest BCUT2D eigenvalue weighted by Crippen LogP contribution is 2.20. The zero-order valence-electron chi connectivity index (χ0n) is 12.4. The molecule has 102 valence electrons. The molecule has 0 spiro atoms. The summed E-state index contributed by atoms with van der Waals surface area (Å²) in [5.74, 6) is 0.158. The van der Waals surface area contributed by atoms with Gasteiger partial charge in [0.1, 0.15) is 0 Å². The summed E-state index contributed by atoms with van der Waals surface area (Å²) >= 11 is 0. The molecule has 0 atom stereocenters. The van der Waals surface area contributed by atoms with Crippen molar-refractivity contribution in [2.24, 2.45) is 0 Å². The Kier molecular flexibility index (Phi) is 3.65. The lowest BCUT2D eigenvalue weighted by Gasteiger charge is -2.01. The summed E-state index contributed by atoms with van der Waals surface area (Å²) in [4.78, 5) is 18.9. The van der Waals surface area contributed by atoms with E-state index in [0.29, 0.717) is 6.42 Å². The van der Waals surface area contributed by atoms with Crippen molar-refractivity contribution in [2.45, 2.75) is 47.5 Å². The van der Waals surface area contributed by atoms with Crippen molar-refractivity contribution in [1.29, 1.82) is 0 Å². The molecule has 0 aromatic carbocycles. The van der Waals surface area contributed by atoms with Crippen molar-refractivity contribution in [2.75, 3.05) is 0 Å². The van der Waals surface area contributed by atoms with Crippen LogP contribution < -0.4 is 0 Å². The van der Waals surface area contributed by atoms with Crippen LogP contribution in [-0.2, 0) is 12.8 Å². The Morgan fingerprint density at radius 3 is 2.32 bits per heavy atom. The number of rotatable bonds is 4. The molecule has 0 aliphatic rings. The van der Waals surface area contributed by atoms with E-state index in [0.717, 1.165) is 40.3 Å². The fourth-order valence-electron chi connectivity index (χ4n) is 2.82. The zero-order valence-corrected chi connectivity index (χ0v) is 12.4. The third kappa shape index (κ3) is 2.50. The van der Waals surface area contributed by atoms with Gasteiger partial charge in [-0.05, 0) is 56.9 Å². The van der Waals surface area contributed by atoms with Gasteiger partial charge in [0, 0.05) is 17.1 Å². The lowest BCUT2D eigenvalue weighted by molar-refractivity contribution is 0.0987. The summed E-state index contributed by atoms with van der Waals surface area (Å²) < 4.78 is 0. The van der Waals surface area contributed by atoms with Crippen molar-refractivity contribution in [1.82, 2.24) is 9.97 Å². The number of nitrogens with one attached hydrogen (secondary N) is 2. The molecule has 0 fully saturated rings. The molecule has 2 heterocycles. The van der Waals surface area contributed by atoms with Gasteiger partial charge in [-0.15, -0.1) is 0 Å². The van der Waals surface area contributed by atoms with E-state index < -0.39 is 0 Å². The van der Waals surface area contributed by atoms with Crippen molar-refractivity contribution in [3.63, 3.8) is 0 Å². The monoisotopic (exact) mass is 258 g/mol. The molecule has 2 N–H and O–H groups in total. The molecule has 3 heteroatoms. The topological polar surface area (TPSA) is 48.6 Å². The fourth-order valence-corrected chi connectivity index (χ4v) is 2.82. The minimum absolute atomic E-state index is 0.158. The average Bonchev–Trinajstić information content (AvgIpc) is 2.79. The number of aromatic nitrogens is 2. The van der Waals surface area contributed by atoms with Crippen LogP contribution >= 0.6 is 0 Å². The van der Waals surface area contributed by atoms with Crippen LogP contribution in [-0.4, -0.2) is 15.8 Å². The van der Waals surface area contributed by atoms with Crippen molar-refractivity contribution < 1.29 is 4.79 Å². The van der Waals surface area contributed by atoms with Gasteiger partial charge in [-0.25, -0.2) is 0 Å². The first-order valence-corrected chi connectivity index (χ1v) is 6.80. The third-order valence-electron chi connectivity index (χ3n) is 3.82. The molecule has 19 heavy (non-hydrogen) atoms. The van der Waals surface area contributed by atoms with Crippen LogP contribution in [0, 0.1) is 27.7 Å². The first-order chi connectivity index (χ1) is 8.93. The van der Waals surface area contributed by atoms with E-state index in [4.69, 9.17) is 0 Å². The van der Waals surface area contributed by atoms with E-state index in [2.05, 4.69) is 23.0 Å². The van der Waals surface area contributed by atoms with Crippen LogP contribution in [0.3, 0.4) is 0 Å². The molecule has 0 aliphatic carbocycles. The van der Waals surface area contributed by atoms with Gasteiger partial charge in [0.05, 0.1) is 12.1 Å². The smallest absolute Gasteiger partial charge is 0.185 e. The number of aryl methyl sites for hydroxylation is 3. The molecule has 2 aromatic rings. The Bertz CT molecular complexity index is 617. The van der Waals surface area contributed by atoms with Crippen molar-refractivity contribution >= 4 is 5.78 Å². The second-order valence-corrected chi connectivity index (χ2v) is 5.30. The van der Waals surface area contributed by atoms with E-state index >= 15 is 0 Å². The Hall–Kier alpha value is -1.77. The minimum atomic E-state index is 0.158. The first-order valence-electron chi connectivity index (χ1n) is 6.80. The maximum atomic E-state index is 12.4. The summed E-state index contributed by atoms with van der Waals surface area (Å²) in [7, 11) is 0. The molecule has 3 nitrogen and oxygen atoms in total. The van der Waals surface area contributed by atoms with Gasteiger partial charge in [0.2, 0.25) is 0 Å². The quantitative estimate of drug-likeness (QED) is 0.809. The molecule has 0 saturated heterocycles. The Morgan fingerprint density at radius 1 is 1.16 bits per heavy atom. The van der Waals surface area contributed by atoms with Crippen molar-refractivity contribution in [3.05, 3.63) is 45.5 Å². The second kappa shape index (κ2) is 5.08. The SMILES string of the molecule is CCc1c(C)[nH]c(C(=O)Cc2[nH]c(C)cc2C)c1C. The number of hydrogen-bond acceptors (Lipinski definition) is 1. The summed E-state index contributed by atoms with van der Waals surface area (Å²) in [6.07, 6.45) is 1.39. The number of aromatic amines is 2. The summed E-state index contributed by atoms with van der Waals surface area (Å²) in [5.41, 5.74) is 7.53. The zero-order chi connectivity index (χ0) is 14.2.